The van der Waals surface area contributed by atoms with Crippen molar-refractivity contribution in [2.75, 3.05) is 32.0 Å². The molecule has 0 aliphatic heterocycles. The van der Waals surface area contributed by atoms with E-state index in [0.717, 1.165) is 5.56 Å². The van der Waals surface area contributed by atoms with Crippen molar-refractivity contribution in [1.29, 1.82) is 5.26 Å². The fourth-order valence-electron chi connectivity index (χ4n) is 6.11. The first kappa shape index (κ1) is 47.7. The summed E-state index contributed by atoms with van der Waals surface area (Å²) in [7, 11) is 0. The summed E-state index contributed by atoms with van der Waals surface area (Å²) in [5.74, 6) is -2.04. The lowest BCUT2D eigenvalue weighted by molar-refractivity contribution is -0.165. The van der Waals surface area contributed by atoms with Crippen molar-refractivity contribution in [2.45, 2.75) is 69.9 Å². The Morgan fingerprint density at radius 1 is 0.951 bits per heavy atom. The van der Waals surface area contributed by atoms with Gasteiger partial charge in [-0.25, -0.2) is 19.6 Å². The summed E-state index contributed by atoms with van der Waals surface area (Å²) < 4.78 is 23.0. The van der Waals surface area contributed by atoms with Crippen LogP contribution in [0.1, 0.15) is 58.2 Å². The van der Waals surface area contributed by atoms with Gasteiger partial charge in [-0.2, -0.15) is 5.26 Å². The first-order valence-electron chi connectivity index (χ1n) is 19.4. The third-order valence-electron chi connectivity index (χ3n) is 8.97. The van der Waals surface area contributed by atoms with Crippen molar-refractivity contribution in [1.82, 2.24) is 15.3 Å². The van der Waals surface area contributed by atoms with Gasteiger partial charge in [-0.1, -0.05) is 63.2 Å². The predicted octanol–water partition coefficient (Wildman–Crippen LogP) is 6.26. The van der Waals surface area contributed by atoms with Gasteiger partial charge in [0.05, 0.1) is 36.8 Å². The molecule has 0 saturated carbocycles. The Bertz CT molecular complexity index is 2240. The molecule has 4 aromatic rings. The number of hydrogen-bond donors (Lipinski definition) is 4. The number of halogens is 1. The van der Waals surface area contributed by atoms with Crippen LogP contribution in [0.2, 0.25) is 5.02 Å². The van der Waals surface area contributed by atoms with E-state index in [2.05, 4.69) is 26.2 Å². The van der Waals surface area contributed by atoms with E-state index in [1.54, 1.807) is 48.5 Å². The molecule has 2 heterocycles. The largest absolute Gasteiger partial charge is 0.490 e. The predicted molar refractivity (Wildman–Crippen MR) is 230 cm³/mol. The molecule has 2 aromatic carbocycles. The first-order valence-corrected chi connectivity index (χ1v) is 20.8. The number of pyridine rings is 1. The lowest BCUT2D eigenvalue weighted by Crippen LogP contribution is -2.47. The van der Waals surface area contributed by atoms with E-state index in [-0.39, 0.29) is 78.5 Å². The highest BCUT2D eigenvalue weighted by atomic mass is 35.5. The smallest absolute Gasteiger partial charge is 0.329 e. The summed E-state index contributed by atoms with van der Waals surface area (Å²) in [6.45, 7) is 14.2. The third-order valence-corrected chi connectivity index (χ3v) is 10.2. The molecule has 0 bridgehead atoms. The highest BCUT2D eigenvalue weighted by Crippen LogP contribution is 2.42. The lowest BCUT2D eigenvalue weighted by atomic mass is 9.92. The number of rotatable bonds is 22. The van der Waals surface area contributed by atoms with Crippen molar-refractivity contribution in [2.24, 2.45) is 29.2 Å². The molecular weight excluding hydrogens is 824 g/mol. The van der Waals surface area contributed by atoms with Gasteiger partial charge in [-0.05, 0) is 66.6 Å². The molecule has 0 fully saturated rings. The van der Waals surface area contributed by atoms with Gasteiger partial charge in [0.1, 0.15) is 54.0 Å². The van der Waals surface area contributed by atoms with Crippen molar-refractivity contribution in [3.63, 3.8) is 0 Å². The van der Waals surface area contributed by atoms with E-state index in [9.17, 15) is 24.4 Å². The standard InChI is InChI=1S/C43H49ClN8O8S/c1-24(2)14-28(16-31(53)17-45)42(55)59-22-33(60-43(56)35(15-25(3)4)51-36(54)19-47)21-57-32-12-8-26(9-13-32)37-34(18-46)41(52-39(48)38(37)49-5)61-23-30-20-58-40(50-30)27-6-10-29(44)11-7-27/h6-13,20,24-25,28,33,35H,14-17,19,21-23,45,47H2,1-4H3,(H2,48,52)(H,51,54)/t28-,33+,35+/m1/s1. The Balaban J connectivity index is 1.55. The summed E-state index contributed by atoms with van der Waals surface area (Å²) in [6.07, 6.45) is 0.894. The maximum absolute atomic E-state index is 13.4. The number of aromatic nitrogens is 2. The number of ketones is 1. The summed E-state index contributed by atoms with van der Waals surface area (Å²) >= 11 is 7.21. The number of Topliss-reactive ketones (excluding diaryl/α,β-unsaturated/α-hetero) is 1. The van der Waals surface area contributed by atoms with Crippen molar-refractivity contribution >= 4 is 58.5 Å². The summed E-state index contributed by atoms with van der Waals surface area (Å²) in [4.78, 5) is 63.5. The molecular formula is C43H49ClN8O8S. The molecule has 16 nitrogen and oxygen atoms in total. The zero-order chi connectivity index (χ0) is 44.6. The molecule has 18 heteroatoms. The molecule has 4 rings (SSSR count). The van der Waals surface area contributed by atoms with Crippen molar-refractivity contribution < 1.29 is 37.8 Å². The van der Waals surface area contributed by atoms with Crippen LogP contribution in [-0.2, 0) is 34.4 Å². The zero-order valence-corrected chi connectivity index (χ0v) is 35.9. The van der Waals surface area contributed by atoms with Crippen LogP contribution in [-0.4, -0.2) is 72.0 Å². The number of ether oxygens (including phenoxy) is 3. The van der Waals surface area contributed by atoms with E-state index in [1.807, 2.05) is 27.7 Å². The van der Waals surface area contributed by atoms with E-state index >= 15 is 0 Å². The number of carbonyl (C=O) groups is 4. The number of nitriles is 1. The van der Waals surface area contributed by atoms with Crippen LogP contribution < -0.4 is 27.3 Å². The molecule has 61 heavy (non-hydrogen) atoms. The Hall–Kier alpha value is -5.98. The van der Waals surface area contributed by atoms with Crippen molar-refractivity contribution in [3.8, 4) is 34.4 Å². The Morgan fingerprint density at radius 2 is 1.62 bits per heavy atom. The molecule has 1 amide bonds. The number of amides is 1. The fourth-order valence-corrected chi connectivity index (χ4v) is 7.10. The van der Waals surface area contributed by atoms with Gasteiger partial charge >= 0.3 is 11.9 Å². The van der Waals surface area contributed by atoms with Crippen LogP contribution in [0.4, 0.5) is 11.5 Å². The number of carbonyl (C=O) groups excluding carboxylic acids is 4. The molecule has 0 aliphatic rings. The molecule has 0 aliphatic carbocycles. The second-order valence-corrected chi connectivity index (χ2v) is 16.2. The number of nitrogens with zero attached hydrogens (tertiary/aromatic N) is 4. The number of nitrogens with one attached hydrogen (secondary N) is 1. The minimum atomic E-state index is -1.14. The Labute approximate surface area is 363 Å². The van der Waals surface area contributed by atoms with Crippen LogP contribution in [0.3, 0.4) is 0 Å². The third kappa shape index (κ3) is 14.0. The molecule has 2 aromatic heterocycles. The minimum Gasteiger partial charge on any atom is -0.490 e. The fraction of sp³-hybridized carbons (Fsp3) is 0.395. The molecule has 7 N–H and O–H groups in total. The maximum Gasteiger partial charge on any atom is 0.329 e. The Kier molecular flexibility index (Phi) is 18.1. The summed E-state index contributed by atoms with van der Waals surface area (Å²) in [5.41, 5.74) is 19.5. The number of anilines is 1. The van der Waals surface area contributed by atoms with Gasteiger partial charge in [0.15, 0.2) is 6.10 Å². The van der Waals surface area contributed by atoms with E-state index in [4.69, 9.17) is 54.0 Å². The van der Waals surface area contributed by atoms with Gasteiger partial charge in [-0.15, -0.1) is 0 Å². The molecule has 0 saturated heterocycles. The number of oxazole rings is 1. The molecule has 3 atom stereocenters. The van der Waals surface area contributed by atoms with E-state index < -0.39 is 42.5 Å². The number of hydrogen-bond acceptors (Lipinski definition) is 15. The minimum absolute atomic E-state index is 0.00330. The number of nitrogen functional groups attached to an aromatic ring is 1. The zero-order valence-electron chi connectivity index (χ0n) is 34.3. The van der Waals surface area contributed by atoms with Crippen LogP contribution in [0, 0.1) is 35.7 Å². The average molecular weight is 873 g/mol. The Morgan fingerprint density at radius 3 is 2.23 bits per heavy atom. The molecule has 0 spiro atoms. The SMILES string of the molecule is [C-]#[N+]c1c(N)nc(SCc2coc(-c3ccc(Cl)cc3)n2)c(C#N)c1-c1ccc(OC[C@@H](COC(=O)[C@@H](CC(=O)CN)CC(C)C)OC(=O)[C@H](CC(C)C)NC(=O)CN)cc1. The van der Waals surface area contributed by atoms with Crippen molar-refractivity contribution in [3.05, 3.63) is 82.5 Å². The molecule has 0 radical (unpaired) electrons. The quantitative estimate of drug-likeness (QED) is 0.0386. The van der Waals surface area contributed by atoms with E-state index in [1.165, 1.54) is 18.0 Å². The second kappa shape index (κ2) is 23.1. The molecule has 322 valence electrons. The average Bonchev–Trinajstić information content (AvgIpc) is 3.72. The van der Waals surface area contributed by atoms with E-state index in [0.29, 0.717) is 39.4 Å². The lowest BCUT2D eigenvalue weighted by Gasteiger charge is -2.24. The number of benzene rings is 2. The van der Waals surface area contributed by atoms with Gasteiger partial charge in [-0.3, -0.25) is 14.4 Å². The highest BCUT2D eigenvalue weighted by Gasteiger charge is 2.30. The van der Waals surface area contributed by atoms with Gasteiger partial charge in [0.25, 0.3) is 0 Å². The number of esters is 2. The number of nitrogens with two attached hydrogens (primary N) is 3. The van der Waals surface area contributed by atoms with Crippen LogP contribution >= 0.6 is 23.4 Å². The second-order valence-electron chi connectivity index (χ2n) is 14.8. The van der Waals surface area contributed by atoms with Gasteiger partial charge in [0.2, 0.25) is 17.5 Å². The van der Waals surface area contributed by atoms with Gasteiger partial charge in [0, 0.05) is 28.3 Å². The first-order chi connectivity index (χ1) is 29.1. The topological polar surface area (TPSA) is 253 Å². The van der Waals surface area contributed by atoms with Gasteiger partial charge < -0.3 is 41.1 Å². The van der Waals surface area contributed by atoms with Crippen LogP contribution in [0.25, 0.3) is 27.4 Å². The highest BCUT2D eigenvalue weighted by molar-refractivity contribution is 7.98. The monoisotopic (exact) mass is 872 g/mol. The molecule has 0 unspecified atom stereocenters. The maximum atomic E-state index is 13.4. The number of thioether (sulfide) groups is 1. The summed E-state index contributed by atoms with van der Waals surface area (Å²) in [6, 6.07) is 14.6. The normalized spacial score (nSPS) is 12.5. The van der Waals surface area contributed by atoms with Crippen LogP contribution in [0.15, 0.2) is 64.2 Å². The summed E-state index contributed by atoms with van der Waals surface area (Å²) in [5, 5.41) is 13.8. The van der Waals surface area contributed by atoms with Crippen LogP contribution in [0.5, 0.6) is 5.75 Å².